The molecule has 0 aliphatic carbocycles. The fraction of sp³-hybridized carbons (Fsp3) is 0.533. The van der Waals surface area contributed by atoms with Crippen LogP contribution in [0.4, 0.5) is 0 Å². The number of halogens is 1. The molecule has 1 aromatic carbocycles. The Hall–Kier alpha value is -0.960. The monoisotopic (exact) mass is 405 g/mol. The zero-order valence-electron chi connectivity index (χ0n) is 13.1. The second-order valence-corrected chi connectivity index (χ2v) is 8.41. The van der Waals surface area contributed by atoms with Gasteiger partial charge in [0.15, 0.2) is 0 Å². The highest BCUT2D eigenvalue weighted by molar-refractivity contribution is 9.10. The summed E-state index contributed by atoms with van der Waals surface area (Å²) in [6.07, 6.45) is 0. The van der Waals surface area contributed by atoms with Crippen molar-refractivity contribution in [3.05, 3.63) is 28.2 Å². The van der Waals surface area contributed by atoms with E-state index in [0.29, 0.717) is 37.4 Å². The number of carbonyl (C=O) groups is 1. The molecule has 2 rings (SSSR count). The van der Waals surface area contributed by atoms with E-state index in [0.717, 1.165) is 0 Å². The molecule has 0 amide bonds. The Bertz CT molecular complexity index is 668. The van der Waals surface area contributed by atoms with Gasteiger partial charge in [-0.05, 0) is 40.0 Å². The van der Waals surface area contributed by atoms with Crippen LogP contribution in [-0.4, -0.2) is 51.6 Å². The molecule has 1 aliphatic heterocycles. The van der Waals surface area contributed by atoms with Gasteiger partial charge in [-0.2, -0.15) is 4.31 Å². The summed E-state index contributed by atoms with van der Waals surface area (Å²) in [6, 6.07) is 4.46. The van der Waals surface area contributed by atoms with Gasteiger partial charge in [-0.1, -0.05) is 13.8 Å². The van der Waals surface area contributed by atoms with E-state index < -0.39 is 16.0 Å². The molecule has 0 saturated carbocycles. The van der Waals surface area contributed by atoms with Gasteiger partial charge in [-0.3, -0.25) is 0 Å². The summed E-state index contributed by atoms with van der Waals surface area (Å²) in [5.41, 5.74) is 0.223. The summed E-state index contributed by atoms with van der Waals surface area (Å²) in [4.78, 5) is 12.1. The summed E-state index contributed by atoms with van der Waals surface area (Å²) in [7, 11) is -3.68. The highest BCUT2D eigenvalue weighted by Gasteiger charge is 2.29. The number of morpholine rings is 1. The first-order valence-corrected chi connectivity index (χ1v) is 9.60. The van der Waals surface area contributed by atoms with Gasteiger partial charge in [-0.15, -0.1) is 0 Å². The SMILES string of the molecule is CC(C)COC(=O)c1ccc(Br)c(S(=O)(=O)N2CCOCC2)c1. The Morgan fingerprint density at radius 3 is 2.61 bits per heavy atom. The van der Waals surface area contributed by atoms with Gasteiger partial charge in [0.05, 0.1) is 30.3 Å². The van der Waals surface area contributed by atoms with Crippen LogP contribution in [0, 0.1) is 5.92 Å². The summed E-state index contributed by atoms with van der Waals surface area (Å²) in [5, 5.41) is 0. The molecule has 1 aliphatic rings. The van der Waals surface area contributed by atoms with Gasteiger partial charge in [0, 0.05) is 17.6 Å². The fourth-order valence-electron chi connectivity index (χ4n) is 2.08. The summed E-state index contributed by atoms with van der Waals surface area (Å²) in [6.45, 7) is 5.50. The molecule has 0 N–H and O–H groups in total. The van der Waals surface area contributed by atoms with E-state index in [-0.39, 0.29) is 16.4 Å². The molecule has 0 unspecified atom stereocenters. The lowest BCUT2D eigenvalue weighted by Gasteiger charge is -2.26. The molecule has 0 atom stereocenters. The molecule has 1 heterocycles. The van der Waals surface area contributed by atoms with E-state index in [1.165, 1.54) is 10.4 Å². The van der Waals surface area contributed by atoms with E-state index in [4.69, 9.17) is 9.47 Å². The minimum absolute atomic E-state index is 0.0680. The third-order valence-corrected chi connectivity index (χ3v) is 6.20. The lowest BCUT2D eigenvalue weighted by molar-refractivity contribution is 0.0458. The Morgan fingerprint density at radius 2 is 2.00 bits per heavy atom. The van der Waals surface area contributed by atoms with Crippen molar-refractivity contribution in [2.45, 2.75) is 18.7 Å². The van der Waals surface area contributed by atoms with Gasteiger partial charge >= 0.3 is 5.97 Å². The molecular weight excluding hydrogens is 386 g/mol. The molecular formula is C15H20BrNO5S. The second kappa shape index (κ2) is 7.74. The molecule has 1 aromatic rings. The average Bonchev–Trinajstić information content (AvgIpc) is 2.53. The molecule has 0 spiro atoms. The largest absolute Gasteiger partial charge is 0.462 e. The smallest absolute Gasteiger partial charge is 0.338 e. The summed E-state index contributed by atoms with van der Waals surface area (Å²) in [5.74, 6) is -0.310. The van der Waals surface area contributed by atoms with Crippen molar-refractivity contribution in [2.75, 3.05) is 32.9 Å². The molecule has 8 heteroatoms. The first kappa shape index (κ1) is 18.4. The molecule has 1 saturated heterocycles. The predicted octanol–water partition coefficient (Wildman–Crippen LogP) is 2.28. The Morgan fingerprint density at radius 1 is 1.35 bits per heavy atom. The molecule has 0 aromatic heterocycles. The van der Waals surface area contributed by atoms with Crippen LogP contribution in [0.3, 0.4) is 0 Å². The maximum atomic E-state index is 12.7. The van der Waals surface area contributed by atoms with Crippen molar-refractivity contribution >= 4 is 31.9 Å². The van der Waals surface area contributed by atoms with Crippen LogP contribution < -0.4 is 0 Å². The van der Waals surface area contributed by atoms with Crippen LogP contribution in [0.15, 0.2) is 27.6 Å². The quantitative estimate of drug-likeness (QED) is 0.702. The van der Waals surface area contributed by atoms with Gasteiger partial charge < -0.3 is 9.47 Å². The van der Waals surface area contributed by atoms with Gasteiger partial charge in [0.25, 0.3) is 0 Å². The molecule has 23 heavy (non-hydrogen) atoms. The van der Waals surface area contributed by atoms with Crippen molar-refractivity contribution in [3.8, 4) is 0 Å². The maximum absolute atomic E-state index is 12.7. The standard InChI is InChI=1S/C15H20BrNO5S/c1-11(2)10-22-15(18)12-3-4-13(16)14(9-12)23(19,20)17-5-7-21-8-6-17/h3-4,9,11H,5-8,10H2,1-2H3. The first-order chi connectivity index (χ1) is 10.8. The number of esters is 1. The Kier molecular flexibility index (Phi) is 6.19. The number of ether oxygens (including phenoxy) is 2. The van der Waals surface area contributed by atoms with Crippen LogP contribution in [0.1, 0.15) is 24.2 Å². The van der Waals surface area contributed by atoms with Crippen LogP contribution >= 0.6 is 15.9 Å². The lowest BCUT2D eigenvalue weighted by atomic mass is 10.2. The van der Waals surface area contributed by atoms with Gasteiger partial charge in [0.1, 0.15) is 0 Å². The van der Waals surface area contributed by atoms with E-state index in [1.807, 2.05) is 13.8 Å². The number of hydrogen-bond acceptors (Lipinski definition) is 5. The number of sulfonamides is 1. The molecule has 0 bridgehead atoms. The molecule has 128 valence electrons. The van der Waals surface area contributed by atoms with Crippen molar-refractivity contribution in [3.63, 3.8) is 0 Å². The highest BCUT2D eigenvalue weighted by Crippen LogP contribution is 2.27. The molecule has 0 radical (unpaired) electrons. The van der Waals surface area contributed by atoms with Gasteiger partial charge in [-0.25, -0.2) is 13.2 Å². The first-order valence-electron chi connectivity index (χ1n) is 7.37. The zero-order chi connectivity index (χ0) is 17.0. The van der Waals surface area contributed by atoms with E-state index in [2.05, 4.69) is 15.9 Å². The minimum atomic E-state index is -3.68. The predicted molar refractivity (Wildman–Crippen MR) is 88.8 cm³/mol. The maximum Gasteiger partial charge on any atom is 0.338 e. The average molecular weight is 406 g/mol. The number of hydrogen-bond donors (Lipinski definition) is 0. The van der Waals surface area contributed by atoms with Crippen molar-refractivity contribution < 1.29 is 22.7 Å². The van der Waals surface area contributed by atoms with Crippen LogP contribution in [-0.2, 0) is 19.5 Å². The van der Waals surface area contributed by atoms with E-state index in [1.54, 1.807) is 12.1 Å². The molecule has 6 nitrogen and oxygen atoms in total. The van der Waals surface area contributed by atoms with Crippen LogP contribution in [0.2, 0.25) is 0 Å². The Labute approximate surface area is 144 Å². The minimum Gasteiger partial charge on any atom is -0.462 e. The van der Waals surface area contributed by atoms with E-state index >= 15 is 0 Å². The number of rotatable bonds is 5. The third kappa shape index (κ3) is 4.53. The lowest BCUT2D eigenvalue weighted by Crippen LogP contribution is -2.40. The number of nitrogens with zero attached hydrogens (tertiary/aromatic N) is 1. The number of benzene rings is 1. The second-order valence-electron chi connectivity index (χ2n) is 5.65. The normalized spacial score (nSPS) is 16.5. The van der Waals surface area contributed by atoms with Crippen molar-refractivity contribution in [1.82, 2.24) is 4.31 Å². The van der Waals surface area contributed by atoms with Crippen LogP contribution in [0.5, 0.6) is 0 Å². The van der Waals surface area contributed by atoms with Crippen LogP contribution in [0.25, 0.3) is 0 Å². The highest BCUT2D eigenvalue weighted by atomic mass is 79.9. The Balaban J connectivity index is 2.28. The molecule has 1 fully saturated rings. The van der Waals surface area contributed by atoms with Crippen molar-refractivity contribution in [1.29, 1.82) is 0 Å². The summed E-state index contributed by atoms with van der Waals surface area (Å²) >= 11 is 3.26. The van der Waals surface area contributed by atoms with E-state index in [9.17, 15) is 13.2 Å². The summed E-state index contributed by atoms with van der Waals surface area (Å²) < 4.78 is 37.6. The van der Waals surface area contributed by atoms with Crippen molar-refractivity contribution in [2.24, 2.45) is 5.92 Å². The third-order valence-electron chi connectivity index (χ3n) is 3.30. The fourth-order valence-corrected chi connectivity index (χ4v) is 4.44. The van der Waals surface area contributed by atoms with Gasteiger partial charge in [0.2, 0.25) is 10.0 Å². The number of carbonyl (C=O) groups excluding carboxylic acids is 1. The zero-order valence-corrected chi connectivity index (χ0v) is 15.5. The topological polar surface area (TPSA) is 72.9 Å².